The van der Waals surface area contributed by atoms with Crippen molar-refractivity contribution >= 4 is 27.5 Å². The molecule has 0 spiro atoms. The number of carbonyl (C=O) groups excluding carboxylic acids is 1. The summed E-state index contributed by atoms with van der Waals surface area (Å²) in [7, 11) is 0. The van der Waals surface area contributed by atoms with Gasteiger partial charge in [0, 0.05) is 6.42 Å². The van der Waals surface area contributed by atoms with Crippen molar-refractivity contribution in [2.45, 2.75) is 13.3 Å². The first-order valence-electron chi connectivity index (χ1n) is 5.87. The minimum atomic E-state index is -0.318. The molecule has 0 aliphatic rings. The van der Waals surface area contributed by atoms with E-state index in [0.717, 1.165) is 16.9 Å². The number of rotatable bonds is 6. The molecular formula is C13H15NO3S. The molecule has 0 bridgehead atoms. The smallest absolute Gasteiger partial charge is 0.332 e. The summed E-state index contributed by atoms with van der Waals surface area (Å²) >= 11 is 1.66. The minimum Gasteiger partial charge on any atom is -0.464 e. The van der Waals surface area contributed by atoms with Crippen LogP contribution in [0.1, 0.15) is 11.9 Å². The highest BCUT2D eigenvalue weighted by atomic mass is 32.1. The second-order valence-corrected chi connectivity index (χ2v) is 4.80. The zero-order valence-corrected chi connectivity index (χ0v) is 11.0. The molecule has 1 aromatic heterocycles. The summed E-state index contributed by atoms with van der Waals surface area (Å²) < 4.78 is 11.2. The van der Waals surface area contributed by atoms with Gasteiger partial charge in [0.1, 0.15) is 6.61 Å². The normalized spacial score (nSPS) is 10.7. The Morgan fingerprint density at radius 3 is 3.00 bits per heavy atom. The van der Waals surface area contributed by atoms with Crippen LogP contribution in [-0.4, -0.2) is 30.8 Å². The standard InChI is InChI=1S/C13H15NO3S/c1-2-17-13(15)9-16-8-7-12-14-10-5-3-4-6-11(10)18-12/h3-6H,2,7-9H2,1H3. The van der Waals surface area contributed by atoms with E-state index in [1.165, 1.54) is 4.70 Å². The number of para-hydroxylation sites is 1. The van der Waals surface area contributed by atoms with Crippen LogP contribution in [0.15, 0.2) is 24.3 Å². The first kappa shape index (κ1) is 13.0. The topological polar surface area (TPSA) is 48.4 Å². The van der Waals surface area contributed by atoms with Gasteiger partial charge in [-0.05, 0) is 19.1 Å². The van der Waals surface area contributed by atoms with Gasteiger partial charge in [-0.25, -0.2) is 9.78 Å². The number of nitrogens with zero attached hydrogens (tertiary/aromatic N) is 1. The molecule has 0 atom stereocenters. The summed E-state index contributed by atoms with van der Waals surface area (Å²) in [6.07, 6.45) is 0.721. The number of carbonyl (C=O) groups is 1. The fourth-order valence-electron chi connectivity index (χ4n) is 1.54. The predicted octanol–water partition coefficient (Wildman–Crippen LogP) is 2.42. The van der Waals surface area contributed by atoms with Crippen LogP contribution in [-0.2, 0) is 20.7 Å². The molecule has 0 fully saturated rings. The van der Waals surface area contributed by atoms with E-state index in [2.05, 4.69) is 11.1 Å². The highest BCUT2D eigenvalue weighted by Gasteiger charge is 2.04. The van der Waals surface area contributed by atoms with Crippen LogP contribution in [0.5, 0.6) is 0 Å². The molecule has 4 nitrogen and oxygen atoms in total. The number of aromatic nitrogens is 1. The largest absolute Gasteiger partial charge is 0.464 e. The highest BCUT2D eigenvalue weighted by molar-refractivity contribution is 7.18. The third-order valence-electron chi connectivity index (χ3n) is 2.32. The summed E-state index contributed by atoms with van der Waals surface area (Å²) in [6.45, 7) is 2.66. The van der Waals surface area contributed by atoms with Crippen LogP contribution in [0.2, 0.25) is 0 Å². The van der Waals surface area contributed by atoms with E-state index in [4.69, 9.17) is 9.47 Å². The summed E-state index contributed by atoms with van der Waals surface area (Å²) in [5, 5.41) is 1.03. The summed E-state index contributed by atoms with van der Waals surface area (Å²) in [4.78, 5) is 15.5. The Bertz CT molecular complexity index is 491. The van der Waals surface area contributed by atoms with E-state index in [1.807, 2.05) is 18.2 Å². The molecule has 1 heterocycles. The monoisotopic (exact) mass is 265 g/mol. The molecule has 1 aromatic carbocycles. The highest BCUT2D eigenvalue weighted by Crippen LogP contribution is 2.21. The van der Waals surface area contributed by atoms with Gasteiger partial charge in [0.25, 0.3) is 0 Å². The van der Waals surface area contributed by atoms with Crippen molar-refractivity contribution in [3.63, 3.8) is 0 Å². The zero-order valence-electron chi connectivity index (χ0n) is 10.2. The van der Waals surface area contributed by atoms with Crippen LogP contribution < -0.4 is 0 Å². The van der Waals surface area contributed by atoms with Crippen LogP contribution in [0.3, 0.4) is 0 Å². The van der Waals surface area contributed by atoms with E-state index < -0.39 is 0 Å². The molecule has 2 rings (SSSR count). The molecule has 0 aliphatic heterocycles. The van der Waals surface area contributed by atoms with Crippen molar-refractivity contribution in [2.75, 3.05) is 19.8 Å². The summed E-state index contributed by atoms with van der Waals surface area (Å²) in [6, 6.07) is 8.02. The summed E-state index contributed by atoms with van der Waals surface area (Å²) in [5.41, 5.74) is 1.02. The van der Waals surface area contributed by atoms with E-state index >= 15 is 0 Å². The Balaban J connectivity index is 1.78. The Hall–Kier alpha value is -1.46. The molecule has 0 saturated carbocycles. The molecule has 0 saturated heterocycles. The van der Waals surface area contributed by atoms with Gasteiger partial charge in [0.05, 0.1) is 28.4 Å². The first-order valence-corrected chi connectivity index (χ1v) is 6.69. The Labute approximate surface area is 110 Å². The van der Waals surface area contributed by atoms with E-state index in [1.54, 1.807) is 18.3 Å². The third-order valence-corrected chi connectivity index (χ3v) is 3.42. The van der Waals surface area contributed by atoms with Gasteiger partial charge in [-0.1, -0.05) is 12.1 Å². The quantitative estimate of drug-likeness (QED) is 0.594. The maximum absolute atomic E-state index is 11.0. The molecule has 18 heavy (non-hydrogen) atoms. The maximum Gasteiger partial charge on any atom is 0.332 e. The number of hydrogen-bond donors (Lipinski definition) is 0. The maximum atomic E-state index is 11.0. The Morgan fingerprint density at radius 2 is 2.22 bits per heavy atom. The van der Waals surface area contributed by atoms with Gasteiger partial charge >= 0.3 is 5.97 Å². The van der Waals surface area contributed by atoms with Crippen LogP contribution in [0, 0.1) is 0 Å². The van der Waals surface area contributed by atoms with Crippen molar-refractivity contribution < 1.29 is 14.3 Å². The number of thiazole rings is 1. The lowest BCUT2D eigenvalue weighted by Gasteiger charge is -2.02. The average molecular weight is 265 g/mol. The lowest BCUT2D eigenvalue weighted by Crippen LogP contribution is -2.13. The third kappa shape index (κ3) is 3.51. The SMILES string of the molecule is CCOC(=O)COCCc1nc2ccccc2s1. The molecule has 0 radical (unpaired) electrons. The van der Waals surface area contributed by atoms with Gasteiger partial charge in [-0.3, -0.25) is 0 Å². The van der Waals surface area contributed by atoms with Gasteiger partial charge < -0.3 is 9.47 Å². The molecule has 96 valence electrons. The second-order valence-electron chi connectivity index (χ2n) is 3.68. The summed E-state index contributed by atoms with van der Waals surface area (Å²) in [5.74, 6) is -0.318. The fourth-order valence-corrected chi connectivity index (χ4v) is 2.49. The van der Waals surface area contributed by atoms with Crippen molar-refractivity contribution in [3.8, 4) is 0 Å². The van der Waals surface area contributed by atoms with Gasteiger partial charge in [0.2, 0.25) is 0 Å². The van der Waals surface area contributed by atoms with Crippen molar-refractivity contribution in [2.24, 2.45) is 0 Å². The fraction of sp³-hybridized carbons (Fsp3) is 0.385. The van der Waals surface area contributed by atoms with Crippen molar-refractivity contribution in [1.82, 2.24) is 4.98 Å². The van der Waals surface area contributed by atoms with Crippen molar-refractivity contribution in [1.29, 1.82) is 0 Å². The van der Waals surface area contributed by atoms with Crippen LogP contribution in [0.25, 0.3) is 10.2 Å². The van der Waals surface area contributed by atoms with Gasteiger partial charge in [-0.15, -0.1) is 11.3 Å². The van der Waals surface area contributed by atoms with Crippen LogP contribution >= 0.6 is 11.3 Å². The van der Waals surface area contributed by atoms with Crippen molar-refractivity contribution in [3.05, 3.63) is 29.3 Å². The van der Waals surface area contributed by atoms with E-state index in [9.17, 15) is 4.79 Å². The number of benzene rings is 1. The molecule has 5 heteroatoms. The first-order chi connectivity index (χ1) is 8.79. The molecule has 0 aliphatic carbocycles. The minimum absolute atomic E-state index is 0.0126. The lowest BCUT2D eigenvalue weighted by molar-refractivity contribution is -0.148. The lowest BCUT2D eigenvalue weighted by atomic mass is 10.3. The average Bonchev–Trinajstić information content (AvgIpc) is 2.77. The predicted molar refractivity (Wildman–Crippen MR) is 70.8 cm³/mol. The number of hydrogen-bond acceptors (Lipinski definition) is 5. The number of fused-ring (bicyclic) bond motifs is 1. The molecule has 2 aromatic rings. The van der Waals surface area contributed by atoms with Gasteiger partial charge in [0.15, 0.2) is 0 Å². The molecular weight excluding hydrogens is 250 g/mol. The van der Waals surface area contributed by atoms with Gasteiger partial charge in [-0.2, -0.15) is 0 Å². The molecule has 0 N–H and O–H groups in total. The Kier molecular flexibility index (Phi) is 4.66. The van der Waals surface area contributed by atoms with Crippen LogP contribution in [0.4, 0.5) is 0 Å². The zero-order chi connectivity index (χ0) is 12.8. The molecule has 0 amide bonds. The number of ether oxygens (including phenoxy) is 2. The Morgan fingerprint density at radius 1 is 1.39 bits per heavy atom. The van der Waals surface area contributed by atoms with E-state index in [-0.39, 0.29) is 12.6 Å². The van der Waals surface area contributed by atoms with E-state index in [0.29, 0.717) is 13.2 Å². The second kappa shape index (κ2) is 6.47. The number of esters is 1. The molecule has 0 unspecified atom stereocenters.